The maximum absolute atomic E-state index is 10.4. The van der Waals surface area contributed by atoms with E-state index in [1.165, 1.54) is 0 Å². The summed E-state index contributed by atoms with van der Waals surface area (Å²) in [4.78, 5) is 17.0. The van der Waals surface area contributed by atoms with Crippen molar-refractivity contribution in [3.63, 3.8) is 0 Å². The van der Waals surface area contributed by atoms with Gasteiger partial charge in [-0.25, -0.2) is 9.65 Å². The molecule has 0 aliphatic heterocycles. The molecule has 0 saturated heterocycles. The number of hydrogen-bond donors (Lipinski definition) is 3. The lowest BCUT2D eigenvalue weighted by atomic mass is 10.2. The molecular formula is C8H12NO3P. The summed E-state index contributed by atoms with van der Waals surface area (Å²) >= 11 is 0. The Labute approximate surface area is 76.8 Å². The molecule has 0 unspecified atom stereocenters. The van der Waals surface area contributed by atoms with Crippen LogP contribution in [0.25, 0.3) is 0 Å². The first-order valence-electron chi connectivity index (χ1n) is 3.92. The van der Waals surface area contributed by atoms with E-state index in [9.17, 15) is 4.57 Å². The van der Waals surface area contributed by atoms with Crippen molar-refractivity contribution in [2.75, 3.05) is 6.54 Å². The molecule has 0 aliphatic carbocycles. The van der Waals surface area contributed by atoms with Crippen molar-refractivity contribution in [1.29, 1.82) is 0 Å². The van der Waals surface area contributed by atoms with E-state index in [-0.39, 0.29) is 6.54 Å². The summed E-state index contributed by atoms with van der Waals surface area (Å²) in [6, 6.07) is 9.53. The van der Waals surface area contributed by atoms with Crippen molar-refractivity contribution < 1.29 is 14.4 Å². The van der Waals surface area contributed by atoms with Crippen molar-refractivity contribution in [2.45, 2.75) is 6.42 Å². The number of hydrogen-bond acceptors (Lipinski definition) is 1. The topological polar surface area (TPSA) is 69.6 Å². The molecule has 3 N–H and O–H groups in total. The zero-order valence-corrected chi connectivity index (χ0v) is 7.95. The van der Waals surface area contributed by atoms with E-state index < -0.39 is 7.75 Å². The van der Waals surface area contributed by atoms with Crippen molar-refractivity contribution >= 4 is 7.75 Å². The lowest BCUT2D eigenvalue weighted by Crippen LogP contribution is -2.13. The van der Waals surface area contributed by atoms with Crippen LogP contribution in [0, 0.1) is 0 Å². The predicted octanol–water partition coefficient (Wildman–Crippen LogP) is 0.911. The van der Waals surface area contributed by atoms with Gasteiger partial charge in [-0.05, 0) is 12.0 Å². The molecule has 72 valence electrons. The van der Waals surface area contributed by atoms with Crippen molar-refractivity contribution in [1.82, 2.24) is 5.09 Å². The van der Waals surface area contributed by atoms with Crippen LogP contribution >= 0.6 is 7.75 Å². The Morgan fingerprint density at radius 2 is 1.85 bits per heavy atom. The Morgan fingerprint density at radius 3 is 2.38 bits per heavy atom. The van der Waals surface area contributed by atoms with Crippen LogP contribution in [0.1, 0.15) is 5.56 Å². The number of rotatable bonds is 4. The van der Waals surface area contributed by atoms with E-state index in [1.54, 1.807) is 0 Å². The maximum Gasteiger partial charge on any atom is 0.400 e. The van der Waals surface area contributed by atoms with Gasteiger partial charge in [-0.3, -0.25) is 0 Å². The molecule has 0 fully saturated rings. The fourth-order valence-corrected chi connectivity index (χ4v) is 1.39. The molecule has 1 aromatic rings. The highest BCUT2D eigenvalue weighted by Gasteiger charge is 2.09. The van der Waals surface area contributed by atoms with Gasteiger partial charge in [0, 0.05) is 6.54 Å². The Hall–Kier alpha value is -0.670. The summed E-state index contributed by atoms with van der Waals surface area (Å²) in [6.45, 7) is 0.286. The molecule has 5 heteroatoms. The molecule has 4 nitrogen and oxygen atoms in total. The van der Waals surface area contributed by atoms with Crippen LogP contribution in [0.4, 0.5) is 0 Å². The van der Waals surface area contributed by atoms with Crippen LogP contribution in [0.3, 0.4) is 0 Å². The summed E-state index contributed by atoms with van der Waals surface area (Å²) in [6.07, 6.45) is 0.617. The maximum atomic E-state index is 10.4. The molecule has 0 saturated carbocycles. The van der Waals surface area contributed by atoms with E-state index in [4.69, 9.17) is 9.79 Å². The Morgan fingerprint density at radius 1 is 1.23 bits per heavy atom. The second kappa shape index (κ2) is 4.53. The minimum atomic E-state index is -4.05. The Balaban J connectivity index is 2.33. The summed E-state index contributed by atoms with van der Waals surface area (Å²) in [7, 11) is -4.05. The van der Waals surface area contributed by atoms with Crippen LogP contribution in [0.15, 0.2) is 30.3 Å². The molecule has 0 spiro atoms. The van der Waals surface area contributed by atoms with E-state index in [0.29, 0.717) is 6.42 Å². The third-order valence-electron chi connectivity index (χ3n) is 1.57. The van der Waals surface area contributed by atoms with E-state index in [0.717, 1.165) is 5.56 Å². The van der Waals surface area contributed by atoms with Crippen molar-refractivity contribution in [3.8, 4) is 0 Å². The third kappa shape index (κ3) is 4.80. The zero-order chi connectivity index (χ0) is 9.73. The van der Waals surface area contributed by atoms with Gasteiger partial charge in [0.15, 0.2) is 0 Å². The van der Waals surface area contributed by atoms with Gasteiger partial charge in [0.25, 0.3) is 0 Å². The zero-order valence-electron chi connectivity index (χ0n) is 7.05. The van der Waals surface area contributed by atoms with Crippen LogP contribution in [0.2, 0.25) is 0 Å². The molecular weight excluding hydrogens is 189 g/mol. The highest BCUT2D eigenvalue weighted by atomic mass is 31.2. The second-order valence-electron chi connectivity index (χ2n) is 2.69. The van der Waals surface area contributed by atoms with E-state index >= 15 is 0 Å². The lowest BCUT2D eigenvalue weighted by molar-refractivity contribution is 0.358. The van der Waals surface area contributed by atoms with Crippen molar-refractivity contribution in [3.05, 3.63) is 35.9 Å². The third-order valence-corrected chi connectivity index (χ3v) is 2.21. The smallest absolute Gasteiger partial charge is 0.313 e. The van der Waals surface area contributed by atoms with Gasteiger partial charge in [-0.2, -0.15) is 0 Å². The molecule has 0 aliphatic rings. The van der Waals surface area contributed by atoms with Crippen LogP contribution < -0.4 is 5.09 Å². The molecule has 13 heavy (non-hydrogen) atoms. The standard InChI is InChI=1S/C8H12NO3P/c10-13(11,12)9-7-6-8-4-2-1-3-5-8/h1-5H,6-7H2,(H3,9,10,11,12). The minimum absolute atomic E-state index is 0.286. The molecule has 0 amide bonds. The molecule has 0 radical (unpaired) electrons. The first kappa shape index (κ1) is 10.4. The molecule has 1 aromatic carbocycles. The molecule has 1 rings (SSSR count). The van der Waals surface area contributed by atoms with E-state index in [1.807, 2.05) is 30.3 Å². The molecule has 0 atom stereocenters. The van der Waals surface area contributed by atoms with Gasteiger partial charge >= 0.3 is 7.75 Å². The highest BCUT2D eigenvalue weighted by molar-refractivity contribution is 7.49. The average Bonchev–Trinajstić information content (AvgIpc) is 2.04. The van der Waals surface area contributed by atoms with Crippen LogP contribution in [0.5, 0.6) is 0 Å². The van der Waals surface area contributed by atoms with Gasteiger partial charge in [0.2, 0.25) is 0 Å². The lowest BCUT2D eigenvalue weighted by Gasteiger charge is -2.05. The van der Waals surface area contributed by atoms with Crippen LogP contribution in [-0.4, -0.2) is 16.3 Å². The quantitative estimate of drug-likeness (QED) is 0.633. The Bertz CT molecular complexity index is 296. The fourth-order valence-electron chi connectivity index (χ4n) is 0.991. The van der Waals surface area contributed by atoms with Gasteiger partial charge in [0.1, 0.15) is 0 Å². The molecule has 0 aromatic heterocycles. The first-order chi connectivity index (χ1) is 6.08. The fraction of sp³-hybridized carbons (Fsp3) is 0.250. The Kier molecular flexibility index (Phi) is 3.63. The predicted molar refractivity (Wildman–Crippen MR) is 50.2 cm³/mol. The summed E-state index contributed by atoms with van der Waals surface area (Å²) < 4.78 is 10.4. The number of nitrogens with one attached hydrogen (secondary N) is 1. The molecule has 0 heterocycles. The van der Waals surface area contributed by atoms with E-state index in [2.05, 4.69) is 5.09 Å². The minimum Gasteiger partial charge on any atom is -0.313 e. The monoisotopic (exact) mass is 201 g/mol. The SMILES string of the molecule is O=P(O)(O)NCCc1ccccc1. The summed E-state index contributed by atoms with van der Waals surface area (Å²) in [5.41, 5.74) is 1.06. The van der Waals surface area contributed by atoms with Gasteiger partial charge in [-0.15, -0.1) is 0 Å². The number of benzene rings is 1. The van der Waals surface area contributed by atoms with Gasteiger partial charge in [-0.1, -0.05) is 30.3 Å². The highest BCUT2D eigenvalue weighted by Crippen LogP contribution is 2.27. The van der Waals surface area contributed by atoms with Gasteiger partial charge < -0.3 is 9.79 Å². The summed E-state index contributed by atoms with van der Waals surface area (Å²) in [5.74, 6) is 0. The van der Waals surface area contributed by atoms with Crippen molar-refractivity contribution in [2.24, 2.45) is 0 Å². The van der Waals surface area contributed by atoms with Gasteiger partial charge in [0.05, 0.1) is 0 Å². The first-order valence-corrected chi connectivity index (χ1v) is 5.54. The second-order valence-corrected chi connectivity index (χ2v) is 4.09. The average molecular weight is 201 g/mol. The normalized spacial score (nSPS) is 11.5. The van der Waals surface area contributed by atoms with Crippen LogP contribution in [-0.2, 0) is 11.0 Å². The largest absolute Gasteiger partial charge is 0.400 e. The molecule has 0 bridgehead atoms. The summed E-state index contributed by atoms with van der Waals surface area (Å²) in [5, 5.41) is 2.14.